The van der Waals surface area contributed by atoms with Crippen LogP contribution in [0.5, 0.6) is 5.75 Å². The number of nitrogens with zero attached hydrogens (tertiary/aromatic N) is 5. The van der Waals surface area contributed by atoms with Gasteiger partial charge in [0, 0.05) is 36.0 Å². The minimum atomic E-state index is -1.01. The number of halogens is 3. The smallest absolute Gasteiger partial charge is 0.253 e. The molecule has 2 N–H and O–H groups in total. The highest BCUT2D eigenvalue weighted by Gasteiger charge is 2.48. The number of phenolic OH excluding ortho intramolecular Hbond substituents is 1. The Morgan fingerprint density at radius 2 is 1.97 bits per heavy atom. The molecule has 2 unspecified atom stereocenters. The lowest BCUT2D eigenvalue weighted by molar-refractivity contribution is 0.171. The van der Waals surface area contributed by atoms with Crippen LogP contribution in [0.1, 0.15) is 32.1 Å². The maximum absolute atomic E-state index is 15.3. The molecule has 2 bridgehead atoms. The van der Waals surface area contributed by atoms with E-state index >= 15 is 4.39 Å². The number of hydrogen-bond acceptors (Lipinski definition) is 7. The fourth-order valence-corrected chi connectivity index (χ4v) is 5.47. The van der Waals surface area contributed by atoms with Crippen LogP contribution >= 0.6 is 0 Å². The Morgan fingerprint density at radius 1 is 1.14 bits per heavy atom. The Bertz CT molecular complexity index is 1350. The Hall–Kier alpha value is -3.47. The number of pyridine rings is 1. The van der Waals surface area contributed by atoms with Crippen molar-refractivity contribution in [1.82, 2.24) is 25.1 Å². The van der Waals surface area contributed by atoms with E-state index in [9.17, 15) is 18.7 Å². The zero-order valence-corrected chi connectivity index (χ0v) is 19.3. The van der Waals surface area contributed by atoms with Crippen LogP contribution in [0.2, 0.25) is 0 Å². The van der Waals surface area contributed by atoms with Gasteiger partial charge in [0.2, 0.25) is 0 Å². The average molecular weight is 499 g/mol. The summed E-state index contributed by atoms with van der Waals surface area (Å²) in [6.07, 6.45) is 6.12. The van der Waals surface area contributed by atoms with E-state index in [1.54, 1.807) is 0 Å². The van der Waals surface area contributed by atoms with Crippen LogP contribution in [0.4, 0.5) is 19.0 Å². The van der Waals surface area contributed by atoms with Gasteiger partial charge in [0.05, 0.1) is 17.8 Å². The molecule has 11 heteroatoms. The molecule has 4 atom stereocenters. The molecule has 4 heterocycles. The van der Waals surface area contributed by atoms with Crippen molar-refractivity contribution in [3.8, 4) is 28.3 Å². The maximum atomic E-state index is 15.3. The quantitative estimate of drug-likeness (QED) is 0.538. The Labute approximate surface area is 204 Å². The van der Waals surface area contributed by atoms with E-state index in [0.717, 1.165) is 42.4 Å². The number of piperidine rings is 1. The maximum Gasteiger partial charge on any atom is 0.253 e. The summed E-state index contributed by atoms with van der Waals surface area (Å²) in [4.78, 5) is 18.2. The molecule has 1 saturated carbocycles. The second-order valence-electron chi connectivity index (χ2n) is 9.77. The van der Waals surface area contributed by atoms with Crippen molar-refractivity contribution < 1.29 is 18.3 Å². The average Bonchev–Trinajstić information content (AvgIpc) is 3.63. The molecule has 3 fully saturated rings. The van der Waals surface area contributed by atoms with Gasteiger partial charge in [-0.2, -0.15) is 0 Å². The molecule has 2 aliphatic heterocycles. The molecule has 2 aromatic heterocycles. The van der Waals surface area contributed by atoms with Gasteiger partial charge in [0.25, 0.3) is 5.56 Å². The van der Waals surface area contributed by atoms with Crippen LogP contribution in [-0.4, -0.2) is 55.2 Å². The third kappa shape index (κ3) is 4.01. The summed E-state index contributed by atoms with van der Waals surface area (Å²) >= 11 is 0. The van der Waals surface area contributed by atoms with Crippen LogP contribution in [-0.2, 0) is 6.80 Å². The minimum Gasteiger partial charge on any atom is -0.507 e. The highest BCUT2D eigenvalue weighted by Crippen LogP contribution is 2.40. The number of alkyl halides is 2. The van der Waals surface area contributed by atoms with Gasteiger partial charge in [-0.25, -0.2) is 18.2 Å². The Balaban J connectivity index is 1.28. The van der Waals surface area contributed by atoms with Crippen molar-refractivity contribution in [1.29, 1.82) is 0 Å². The molecule has 6 rings (SSSR count). The summed E-state index contributed by atoms with van der Waals surface area (Å²) in [5.74, 6) is -0.515. The van der Waals surface area contributed by atoms with Gasteiger partial charge < -0.3 is 15.3 Å². The van der Waals surface area contributed by atoms with Gasteiger partial charge in [-0.05, 0) is 55.9 Å². The summed E-state index contributed by atoms with van der Waals surface area (Å²) < 4.78 is 43.9. The lowest BCUT2D eigenvalue weighted by Crippen LogP contribution is -2.57. The zero-order chi connectivity index (χ0) is 25.0. The van der Waals surface area contributed by atoms with E-state index in [0.29, 0.717) is 18.3 Å². The van der Waals surface area contributed by atoms with E-state index in [1.165, 1.54) is 24.5 Å². The van der Waals surface area contributed by atoms with Crippen molar-refractivity contribution in [3.05, 3.63) is 52.8 Å². The van der Waals surface area contributed by atoms with E-state index in [1.807, 2.05) is 4.90 Å². The second-order valence-corrected chi connectivity index (χ2v) is 9.77. The predicted octanol–water partition coefficient (Wildman–Crippen LogP) is 3.34. The number of aromatic hydroxyl groups is 1. The number of aromatic nitrogens is 4. The summed E-state index contributed by atoms with van der Waals surface area (Å²) in [5.41, 5.74) is -0.402. The molecule has 1 aliphatic carbocycles. The summed E-state index contributed by atoms with van der Waals surface area (Å²) in [5, 5.41) is 22.4. The molecule has 0 spiro atoms. The Morgan fingerprint density at radius 3 is 2.67 bits per heavy atom. The molecule has 188 valence electrons. The Kier molecular flexibility index (Phi) is 5.66. The second kappa shape index (κ2) is 8.88. The van der Waals surface area contributed by atoms with Crippen LogP contribution in [0, 0.1) is 5.82 Å². The van der Waals surface area contributed by atoms with Crippen LogP contribution < -0.4 is 15.8 Å². The van der Waals surface area contributed by atoms with Gasteiger partial charge in [-0.15, -0.1) is 10.2 Å². The highest BCUT2D eigenvalue weighted by molar-refractivity contribution is 5.73. The largest absolute Gasteiger partial charge is 0.507 e. The van der Waals surface area contributed by atoms with Crippen LogP contribution in [0.3, 0.4) is 0 Å². The molecular formula is C25H25F3N6O2. The minimum absolute atomic E-state index is 0.0154. The number of hydrogen-bond donors (Lipinski definition) is 2. The summed E-state index contributed by atoms with van der Waals surface area (Å²) in [7, 11) is 0. The van der Waals surface area contributed by atoms with Crippen molar-refractivity contribution in [2.24, 2.45) is 0 Å². The van der Waals surface area contributed by atoms with E-state index in [2.05, 4.69) is 20.5 Å². The number of anilines is 1. The molecule has 3 aromatic rings. The van der Waals surface area contributed by atoms with Crippen molar-refractivity contribution >= 4 is 5.82 Å². The molecule has 8 nitrogen and oxygen atoms in total. The number of phenols is 1. The van der Waals surface area contributed by atoms with E-state index in [-0.39, 0.29) is 46.4 Å². The lowest BCUT2D eigenvalue weighted by atomic mass is 9.96. The van der Waals surface area contributed by atoms with E-state index < -0.39 is 24.3 Å². The first-order valence-corrected chi connectivity index (χ1v) is 12.1. The standard InChI is InChI=1S/C25H25F3N6O2/c26-12-33-6-5-13(7-23(33)36)16-10-21(35)17(9-18(16)27)25-29-11-22(31-32-25)34(15-2-3-15)20-8-14-1-4-19(30-14)24(20)28/h5-7,9-11,14-15,19-20,24,30,35H,1-4,8,12H2/t14-,19+,20?,24?/m1/s1. The first-order valence-electron chi connectivity index (χ1n) is 12.1. The highest BCUT2D eigenvalue weighted by atomic mass is 19.1. The van der Waals surface area contributed by atoms with Crippen LogP contribution in [0.15, 0.2) is 41.5 Å². The topological polar surface area (TPSA) is 96.2 Å². The number of fused-ring (bicyclic) bond motifs is 2. The fraction of sp³-hybridized carbons (Fsp3) is 0.440. The summed E-state index contributed by atoms with van der Waals surface area (Å²) in [6.45, 7) is -0.991. The fourth-order valence-electron chi connectivity index (χ4n) is 5.47. The molecule has 3 aliphatic rings. The van der Waals surface area contributed by atoms with E-state index in [4.69, 9.17) is 0 Å². The third-order valence-corrected chi connectivity index (χ3v) is 7.43. The van der Waals surface area contributed by atoms with Crippen LogP contribution in [0.25, 0.3) is 22.5 Å². The first kappa shape index (κ1) is 23.0. The predicted molar refractivity (Wildman–Crippen MR) is 126 cm³/mol. The molecule has 1 aromatic carbocycles. The molecular weight excluding hydrogens is 473 g/mol. The van der Waals surface area contributed by atoms with Crippen molar-refractivity contribution in [3.63, 3.8) is 0 Å². The summed E-state index contributed by atoms with van der Waals surface area (Å²) in [6, 6.07) is 4.80. The molecule has 2 saturated heterocycles. The SMILES string of the molecule is O=c1cc(-c2cc(O)c(-c3ncc(N(C4CC4)C4C[C@H]5CC[C@H](N5)C4F)nn3)cc2F)ccn1CF. The van der Waals surface area contributed by atoms with Gasteiger partial charge in [0.15, 0.2) is 18.4 Å². The first-order chi connectivity index (χ1) is 17.4. The normalized spacial score (nSPS) is 25.2. The van der Waals surface area contributed by atoms with Gasteiger partial charge in [0.1, 0.15) is 17.7 Å². The molecule has 0 amide bonds. The number of benzene rings is 1. The van der Waals surface area contributed by atoms with Gasteiger partial charge in [-0.1, -0.05) is 0 Å². The third-order valence-electron chi connectivity index (χ3n) is 7.43. The monoisotopic (exact) mass is 498 g/mol. The van der Waals surface area contributed by atoms with Crippen molar-refractivity contribution in [2.45, 2.75) is 69.2 Å². The lowest BCUT2D eigenvalue weighted by Gasteiger charge is -2.40. The molecule has 36 heavy (non-hydrogen) atoms. The number of rotatable bonds is 6. The number of nitrogens with one attached hydrogen (secondary N) is 1. The van der Waals surface area contributed by atoms with Crippen molar-refractivity contribution in [2.75, 3.05) is 4.90 Å². The van der Waals surface area contributed by atoms with Gasteiger partial charge in [-0.3, -0.25) is 9.36 Å². The molecule has 0 radical (unpaired) electrons. The van der Waals surface area contributed by atoms with Gasteiger partial charge >= 0.3 is 0 Å². The zero-order valence-electron chi connectivity index (χ0n) is 19.3.